The third-order valence-electron chi connectivity index (χ3n) is 10.3. The van der Waals surface area contributed by atoms with Gasteiger partial charge in [0.1, 0.15) is 0 Å². The van der Waals surface area contributed by atoms with Crippen LogP contribution in [0, 0.1) is 22.7 Å². The highest BCUT2D eigenvalue weighted by Gasteiger charge is 2.36. The van der Waals surface area contributed by atoms with E-state index in [-0.39, 0.29) is 5.41 Å². The highest BCUT2D eigenvalue weighted by molar-refractivity contribution is 6.09. The highest BCUT2D eigenvalue weighted by atomic mass is 15.2. The Morgan fingerprint density at radius 3 is 2.02 bits per heavy atom. The molecule has 2 aromatic heterocycles. The van der Waals surface area contributed by atoms with Gasteiger partial charge in [-0.3, -0.25) is 4.98 Å². The van der Waals surface area contributed by atoms with Gasteiger partial charge in [-0.2, -0.15) is 10.5 Å². The summed E-state index contributed by atoms with van der Waals surface area (Å²) in [6.07, 6.45) is 3.80. The van der Waals surface area contributed by atoms with Crippen LogP contribution in [0.4, 0.5) is 17.1 Å². The molecule has 0 atom stereocenters. The molecule has 0 saturated carbocycles. The van der Waals surface area contributed by atoms with Gasteiger partial charge in [-0.25, -0.2) is 0 Å². The molecule has 0 unspecified atom stereocenters. The Bertz CT molecular complexity index is 2670. The van der Waals surface area contributed by atoms with Crippen LogP contribution < -0.4 is 4.90 Å². The number of anilines is 3. The molecule has 240 valence electrons. The molecular weight excluding hydrogens is 623 g/mol. The summed E-state index contributed by atoms with van der Waals surface area (Å²) in [4.78, 5) is 6.89. The van der Waals surface area contributed by atoms with E-state index >= 15 is 0 Å². The van der Waals surface area contributed by atoms with E-state index in [1.165, 1.54) is 11.1 Å². The molecule has 0 amide bonds. The van der Waals surface area contributed by atoms with E-state index in [2.05, 4.69) is 150 Å². The Hall–Kier alpha value is -6.95. The average molecular weight is 654 g/mol. The van der Waals surface area contributed by atoms with Gasteiger partial charge in [-0.05, 0) is 94.5 Å². The van der Waals surface area contributed by atoms with Crippen molar-refractivity contribution in [2.45, 2.75) is 19.3 Å². The predicted octanol–water partition coefficient (Wildman–Crippen LogP) is 11.4. The van der Waals surface area contributed by atoms with Crippen LogP contribution in [0.25, 0.3) is 49.7 Å². The number of nitrogens with zero attached hydrogens (tertiary/aromatic N) is 5. The molecule has 0 spiro atoms. The number of hydrogen-bond donors (Lipinski definition) is 0. The molecule has 1 aliphatic heterocycles. The monoisotopic (exact) mass is 653 g/mol. The minimum atomic E-state index is -0.186. The van der Waals surface area contributed by atoms with Crippen LogP contribution in [0.2, 0.25) is 0 Å². The third-order valence-corrected chi connectivity index (χ3v) is 10.3. The number of pyridine rings is 1. The molecule has 9 rings (SSSR count). The lowest BCUT2D eigenvalue weighted by Crippen LogP contribution is -2.30. The van der Waals surface area contributed by atoms with Crippen LogP contribution in [-0.2, 0) is 5.41 Å². The number of para-hydroxylation sites is 3. The quantitative estimate of drug-likeness (QED) is 0.190. The first-order valence-corrected chi connectivity index (χ1v) is 17.0. The minimum absolute atomic E-state index is 0.186. The maximum Gasteiger partial charge on any atom is 0.0998 e. The maximum absolute atomic E-state index is 9.98. The summed E-state index contributed by atoms with van der Waals surface area (Å²) in [5, 5.41) is 21.9. The summed E-state index contributed by atoms with van der Waals surface area (Å²) in [6, 6.07) is 52.8. The zero-order chi connectivity index (χ0) is 34.7. The van der Waals surface area contributed by atoms with Crippen LogP contribution >= 0.6 is 0 Å². The molecule has 0 fully saturated rings. The summed E-state index contributed by atoms with van der Waals surface area (Å²) in [5.41, 5.74) is 13.6. The number of rotatable bonds is 4. The summed E-state index contributed by atoms with van der Waals surface area (Å²) in [5.74, 6) is 0. The number of benzene rings is 6. The fraction of sp³-hybridized carbons (Fsp3) is 0.0652. The molecule has 0 saturated heterocycles. The van der Waals surface area contributed by atoms with E-state index in [0.29, 0.717) is 11.1 Å². The van der Waals surface area contributed by atoms with Crippen molar-refractivity contribution in [1.29, 1.82) is 10.5 Å². The average Bonchev–Trinajstić information content (AvgIpc) is 3.52. The Kier molecular flexibility index (Phi) is 6.85. The van der Waals surface area contributed by atoms with Crippen molar-refractivity contribution in [2.75, 3.05) is 4.90 Å². The van der Waals surface area contributed by atoms with Gasteiger partial charge in [-0.1, -0.05) is 86.6 Å². The second-order valence-electron chi connectivity index (χ2n) is 13.5. The smallest absolute Gasteiger partial charge is 0.0998 e. The molecule has 6 aromatic carbocycles. The zero-order valence-electron chi connectivity index (χ0n) is 28.2. The topological polar surface area (TPSA) is 68.6 Å². The molecule has 5 nitrogen and oxygen atoms in total. The standard InChI is InChI=1S/C46H31N5/c1-46(2)40-13-4-7-16-44(40)51(45-17-8-5-14-41(45)46)36-25-34(31-10-9-11-32(23-31)38-22-30(27-47)18-19-33(38)28-48)24-35(26-36)50-42-15-6-3-12-37(42)39-29-49-21-20-43(39)50/h3-26,29H,1-2H3. The molecule has 8 aromatic rings. The lowest BCUT2D eigenvalue weighted by atomic mass is 9.73. The SMILES string of the molecule is CC1(C)c2ccccc2N(c2cc(-c3cccc(-c4cc(C#N)ccc4C#N)c3)cc(-n3c4ccccc4c4cnccc43)c2)c2ccccc21. The fourth-order valence-electron chi connectivity index (χ4n) is 7.88. The molecule has 1 aliphatic rings. The van der Waals surface area contributed by atoms with E-state index < -0.39 is 0 Å². The van der Waals surface area contributed by atoms with E-state index in [1.54, 1.807) is 18.2 Å². The van der Waals surface area contributed by atoms with Gasteiger partial charge in [0.05, 0.1) is 45.7 Å². The van der Waals surface area contributed by atoms with Crippen LogP contribution in [-0.4, -0.2) is 9.55 Å². The third kappa shape index (κ3) is 4.71. The summed E-state index contributed by atoms with van der Waals surface area (Å²) < 4.78 is 2.33. The highest BCUT2D eigenvalue weighted by Crippen LogP contribution is 2.52. The van der Waals surface area contributed by atoms with Crippen molar-refractivity contribution in [3.63, 3.8) is 0 Å². The molecule has 51 heavy (non-hydrogen) atoms. The van der Waals surface area contributed by atoms with Gasteiger partial charge in [0.15, 0.2) is 0 Å². The van der Waals surface area contributed by atoms with Crippen LogP contribution in [0.15, 0.2) is 152 Å². The minimum Gasteiger partial charge on any atom is -0.310 e. The van der Waals surface area contributed by atoms with E-state index in [1.807, 2.05) is 24.5 Å². The first kappa shape index (κ1) is 30.1. The van der Waals surface area contributed by atoms with Crippen molar-refractivity contribution in [3.05, 3.63) is 174 Å². The number of nitriles is 2. The van der Waals surface area contributed by atoms with Crippen LogP contribution in [0.3, 0.4) is 0 Å². The Labute approximate surface area is 296 Å². The summed E-state index contributed by atoms with van der Waals surface area (Å²) in [7, 11) is 0. The van der Waals surface area contributed by atoms with E-state index in [9.17, 15) is 10.5 Å². The molecule has 0 N–H and O–H groups in total. The first-order valence-electron chi connectivity index (χ1n) is 17.0. The van der Waals surface area contributed by atoms with Crippen LogP contribution in [0.5, 0.6) is 0 Å². The van der Waals surface area contributed by atoms with Crippen molar-refractivity contribution < 1.29 is 0 Å². The van der Waals surface area contributed by atoms with Crippen LogP contribution in [0.1, 0.15) is 36.1 Å². The van der Waals surface area contributed by atoms with E-state index in [4.69, 9.17) is 0 Å². The first-order chi connectivity index (χ1) is 25.0. The molecule has 0 bridgehead atoms. The molecular formula is C46H31N5. The van der Waals surface area contributed by atoms with Gasteiger partial charge in [0, 0.05) is 45.5 Å². The van der Waals surface area contributed by atoms with Gasteiger partial charge in [0.2, 0.25) is 0 Å². The fourth-order valence-corrected chi connectivity index (χ4v) is 7.88. The molecule has 3 heterocycles. The second-order valence-corrected chi connectivity index (χ2v) is 13.5. The van der Waals surface area contributed by atoms with Crippen molar-refractivity contribution >= 4 is 38.9 Å². The van der Waals surface area contributed by atoms with E-state index in [0.717, 1.165) is 66.8 Å². The second kappa shape index (κ2) is 11.6. The van der Waals surface area contributed by atoms with Gasteiger partial charge >= 0.3 is 0 Å². The molecule has 0 aliphatic carbocycles. The lowest BCUT2D eigenvalue weighted by molar-refractivity contribution is 0.632. The van der Waals surface area contributed by atoms with Crippen molar-refractivity contribution in [3.8, 4) is 40.1 Å². The Morgan fingerprint density at radius 1 is 0.569 bits per heavy atom. The van der Waals surface area contributed by atoms with Crippen molar-refractivity contribution in [1.82, 2.24) is 9.55 Å². The number of fused-ring (bicyclic) bond motifs is 5. The van der Waals surface area contributed by atoms with Gasteiger partial charge in [-0.15, -0.1) is 0 Å². The Morgan fingerprint density at radius 2 is 1.25 bits per heavy atom. The number of hydrogen-bond acceptors (Lipinski definition) is 4. The lowest BCUT2D eigenvalue weighted by Gasteiger charge is -2.42. The predicted molar refractivity (Wildman–Crippen MR) is 206 cm³/mol. The summed E-state index contributed by atoms with van der Waals surface area (Å²) in [6.45, 7) is 4.61. The zero-order valence-corrected chi connectivity index (χ0v) is 28.2. The molecule has 0 radical (unpaired) electrons. The van der Waals surface area contributed by atoms with Gasteiger partial charge < -0.3 is 9.47 Å². The maximum atomic E-state index is 9.98. The van der Waals surface area contributed by atoms with Gasteiger partial charge in [0.25, 0.3) is 0 Å². The van der Waals surface area contributed by atoms with Crippen molar-refractivity contribution in [2.24, 2.45) is 0 Å². The molecule has 5 heteroatoms. The normalized spacial score (nSPS) is 13.0. The number of aromatic nitrogens is 2. The Balaban J connectivity index is 1.34. The largest absolute Gasteiger partial charge is 0.310 e. The summed E-state index contributed by atoms with van der Waals surface area (Å²) >= 11 is 0.